The molecule has 1 aromatic rings. The zero-order chi connectivity index (χ0) is 13.4. The van der Waals surface area contributed by atoms with Crippen molar-refractivity contribution in [3.8, 4) is 0 Å². The van der Waals surface area contributed by atoms with Crippen molar-refractivity contribution in [1.82, 2.24) is 5.32 Å². The van der Waals surface area contributed by atoms with Crippen molar-refractivity contribution in [3.63, 3.8) is 0 Å². The van der Waals surface area contributed by atoms with Gasteiger partial charge in [0.15, 0.2) is 5.11 Å². The van der Waals surface area contributed by atoms with E-state index in [1.807, 2.05) is 6.07 Å². The summed E-state index contributed by atoms with van der Waals surface area (Å²) in [6, 6.07) is 10.4. The molecule has 0 bridgehead atoms. The van der Waals surface area contributed by atoms with Gasteiger partial charge in [0.2, 0.25) is 0 Å². The van der Waals surface area contributed by atoms with Crippen molar-refractivity contribution in [3.05, 3.63) is 30.3 Å². The Morgan fingerprint density at radius 2 is 1.94 bits per heavy atom. The fourth-order valence-corrected chi connectivity index (χ4v) is 1.94. The summed E-state index contributed by atoms with van der Waals surface area (Å²) in [6.45, 7) is 8.48. The first kappa shape index (κ1) is 15.0. The molecule has 18 heavy (non-hydrogen) atoms. The van der Waals surface area contributed by atoms with Crippen LogP contribution in [0, 0.1) is 5.92 Å². The van der Waals surface area contributed by atoms with Crippen molar-refractivity contribution in [2.75, 3.05) is 18.0 Å². The average molecular weight is 264 g/mol. The van der Waals surface area contributed by atoms with E-state index in [4.69, 9.17) is 12.2 Å². The lowest BCUT2D eigenvalue weighted by Gasteiger charge is -2.26. The number of nitrogens with zero attached hydrogens (tertiary/aromatic N) is 1. The summed E-state index contributed by atoms with van der Waals surface area (Å²) in [7, 11) is 0. The molecule has 3 heteroatoms. The molecule has 0 saturated heterocycles. The number of nitrogens with one attached hydrogen (secondary N) is 1. The van der Waals surface area contributed by atoms with Gasteiger partial charge in [-0.15, -0.1) is 0 Å². The average Bonchev–Trinajstić information content (AvgIpc) is 2.38. The maximum atomic E-state index is 5.50. The van der Waals surface area contributed by atoms with E-state index in [1.165, 1.54) is 12.1 Å². The van der Waals surface area contributed by atoms with Crippen molar-refractivity contribution >= 4 is 23.0 Å². The molecule has 1 aromatic carbocycles. The highest BCUT2D eigenvalue weighted by Gasteiger charge is 2.11. The standard InChI is InChI=1S/C15H24N2S/c1-4-5-11-17(14-9-7-6-8-10-14)15(18)16-12-13(2)3/h6-10,13H,4-5,11-12H2,1-3H3,(H,16,18). The van der Waals surface area contributed by atoms with E-state index in [1.54, 1.807) is 0 Å². The molecule has 0 fully saturated rings. The highest BCUT2D eigenvalue weighted by Crippen LogP contribution is 2.14. The Hall–Kier alpha value is -1.09. The molecule has 2 nitrogen and oxygen atoms in total. The van der Waals surface area contributed by atoms with Gasteiger partial charge in [-0.1, -0.05) is 45.4 Å². The zero-order valence-electron chi connectivity index (χ0n) is 11.6. The molecule has 0 radical (unpaired) electrons. The van der Waals surface area contributed by atoms with Crippen molar-refractivity contribution < 1.29 is 0 Å². The topological polar surface area (TPSA) is 15.3 Å². The summed E-state index contributed by atoms with van der Waals surface area (Å²) >= 11 is 5.50. The zero-order valence-corrected chi connectivity index (χ0v) is 12.5. The first-order valence-corrected chi connectivity index (χ1v) is 7.16. The number of hydrogen-bond donors (Lipinski definition) is 1. The highest BCUT2D eigenvalue weighted by molar-refractivity contribution is 7.80. The quantitative estimate of drug-likeness (QED) is 0.786. The minimum atomic E-state index is 0.603. The SMILES string of the molecule is CCCCN(C(=S)NCC(C)C)c1ccccc1. The molecule has 0 spiro atoms. The highest BCUT2D eigenvalue weighted by atomic mass is 32.1. The van der Waals surface area contributed by atoms with Gasteiger partial charge in [-0.3, -0.25) is 0 Å². The summed E-state index contributed by atoms with van der Waals surface area (Å²) in [4.78, 5) is 2.20. The summed E-state index contributed by atoms with van der Waals surface area (Å²) < 4.78 is 0. The second-order valence-corrected chi connectivity index (χ2v) is 5.31. The Labute approximate surface area is 116 Å². The molecular weight excluding hydrogens is 240 g/mol. The minimum absolute atomic E-state index is 0.603. The van der Waals surface area contributed by atoms with Crippen LogP contribution in [0.3, 0.4) is 0 Å². The van der Waals surface area contributed by atoms with E-state index in [0.717, 1.165) is 24.6 Å². The Kier molecular flexibility index (Phi) is 6.73. The third kappa shape index (κ3) is 5.05. The van der Waals surface area contributed by atoms with Crippen LogP contribution in [-0.2, 0) is 0 Å². The lowest BCUT2D eigenvalue weighted by molar-refractivity contribution is 0.622. The predicted octanol–water partition coefficient (Wildman–Crippen LogP) is 3.82. The first-order chi connectivity index (χ1) is 8.65. The van der Waals surface area contributed by atoms with Crippen LogP contribution in [0.15, 0.2) is 30.3 Å². The molecule has 0 unspecified atom stereocenters. The molecule has 0 aliphatic heterocycles. The molecule has 1 N–H and O–H groups in total. The second-order valence-electron chi connectivity index (χ2n) is 4.92. The molecule has 0 aliphatic rings. The van der Waals surface area contributed by atoms with Crippen LogP contribution in [0.2, 0.25) is 0 Å². The van der Waals surface area contributed by atoms with Crippen LogP contribution in [-0.4, -0.2) is 18.2 Å². The van der Waals surface area contributed by atoms with Gasteiger partial charge in [0.1, 0.15) is 0 Å². The van der Waals surface area contributed by atoms with Gasteiger partial charge in [-0.2, -0.15) is 0 Å². The predicted molar refractivity (Wildman–Crippen MR) is 84.1 cm³/mol. The molecule has 100 valence electrons. The van der Waals surface area contributed by atoms with Crippen molar-refractivity contribution in [1.29, 1.82) is 0 Å². The van der Waals surface area contributed by atoms with Gasteiger partial charge in [0.05, 0.1) is 0 Å². The first-order valence-electron chi connectivity index (χ1n) is 6.75. The van der Waals surface area contributed by atoms with Gasteiger partial charge in [-0.05, 0) is 36.7 Å². The van der Waals surface area contributed by atoms with E-state index in [-0.39, 0.29) is 0 Å². The number of rotatable bonds is 6. The lowest BCUT2D eigenvalue weighted by Crippen LogP contribution is -2.41. The smallest absolute Gasteiger partial charge is 0.173 e. The van der Waals surface area contributed by atoms with Gasteiger partial charge in [-0.25, -0.2) is 0 Å². The molecule has 0 saturated carbocycles. The normalized spacial score (nSPS) is 10.4. The van der Waals surface area contributed by atoms with E-state index in [0.29, 0.717) is 5.92 Å². The molecule has 1 rings (SSSR count). The van der Waals surface area contributed by atoms with Crippen molar-refractivity contribution in [2.45, 2.75) is 33.6 Å². The fourth-order valence-electron chi connectivity index (χ4n) is 1.66. The maximum Gasteiger partial charge on any atom is 0.173 e. The summed E-state index contributed by atoms with van der Waals surface area (Å²) in [6.07, 6.45) is 2.33. The largest absolute Gasteiger partial charge is 0.362 e. The number of thiocarbonyl (C=S) groups is 1. The summed E-state index contributed by atoms with van der Waals surface area (Å²) in [5.74, 6) is 0.603. The second kappa shape index (κ2) is 8.09. The molecule has 0 heterocycles. The number of anilines is 1. The molecule has 0 amide bonds. The van der Waals surface area contributed by atoms with Crippen LogP contribution in [0.1, 0.15) is 33.6 Å². The number of para-hydroxylation sites is 1. The molecule has 0 aromatic heterocycles. The minimum Gasteiger partial charge on any atom is -0.362 e. The third-order valence-corrected chi connectivity index (χ3v) is 3.07. The summed E-state index contributed by atoms with van der Waals surface area (Å²) in [5, 5.41) is 4.18. The van der Waals surface area contributed by atoms with Crippen LogP contribution in [0.25, 0.3) is 0 Å². The van der Waals surface area contributed by atoms with Crippen LogP contribution < -0.4 is 10.2 Å². The lowest BCUT2D eigenvalue weighted by atomic mass is 10.2. The Bertz CT molecular complexity index is 349. The molecular formula is C15H24N2S. The summed E-state index contributed by atoms with van der Waals surface area (Å²) in [5.41, 5.74) is 1.17. The Morgan fingerprint density at radius 3 is 2.50 bits per heavy atom. The van der Waals surface area contributed by atoms with E-state index in [2.05, 4.69) is 55.3 Å². The van der Waals surface area contributed by atoms with Gasteiger partial charge in [0.25, 0.3) is 0 Å². The molecule has 0 atom stereocenters. The Balaban J connectivity index is 2.69. The number of unbranched alkanes of at least 4 members (excludes halogenated alkanes) is 1. The van der Waals surface area contributed by atoms with Crippen molar-refractivity contribution in [2.24, 2.45) is 5.92 Å². The Morgan fingerprint density at radius 1 is 1.28 bits per heavy atom. The number of hydrogen-bond acceptors (Lipinski definition) is 1. The van der Waals surface area contributed by atoms with Crippen LogP contribution in [0.5, 0.6) is 0 Å². The monoisotopic (exact) mass is 264 g/mol. The van der Waals surface area contributed by atoms with Gasteiger partial charge in [0, 0.05) is 18.8 Å². The number of benzene rings is 1. The third-order valence-electron chi connectivity index (χ3n) is 2.71. The molecule has 0 aliphatic carbocycles. The van der Waals surface area contributed by atoms with E-state index >= 15 is 0 Å². The maximum absolute atomic E-state index is 5.50. The van der Waals surface area contributed by atoms with E-state index < -0.39 is 0 Å². The fraction of sp³-hybridized carbons (Fsp3) is 0.533. The van der Waals surface area contributed by atoms with Crippen LogP contribution in [0.4, 0.5) is 5.69 Å². The van der Waals surface area contributed by atoms with Crippen LogP contribution >= 0.6 is 12.2 Å². The van der Waals surface area contributed by atoms with Gasteiger partial charge >= 0.3 is 0 Å². The van der Waals surface area contributed by atoms with E-state index in [9.17, 15) is 0 Å². The van der Waals surface area contributed by atoms with Gasteiger partial charge < -0.3 is 10.2 Å².